The minimum absolute atomic E-state index is 0.0322. The maximum Gasteiger partial charge on any atom is 0.230 e. The molecule has 0 saturated carbocycles. The molecule has 25 heavy (non-hydrogen) atoms. The van der Waals surface area contributed by atoms with Gasteiger partial charge in [0.05, 0.1) is 5.92 Å². The fourth-order valence-electron chi connectivity index (χ4n) is 3.45. The van der Waals surface area contributed by atoms with E-state index >= 15 is 0 Å². The number of nitrogens with zero attached hydrogens (tertiary/aromatic N) is 3. The number of aryl methyl sites for hydroxylation is 1. The molecule has 1 aromatic carbocycles. The first-order chi connectivity index (χ1) is 12.2. The zero-order valence-electron chi connectivity index (χ0n) is 15.0. The van der Waals surface area contributed by atoms with E-state index in [2.05, 4.69) is 34.3 Å². The predicted molar refractivity (Wildman–Crippen MR) is 99.5 cm³/mol. The highest BCUT2D eigenvalue weighted by Gasteiger charge is 2.28. The van der Waals surface area contributed by atoms with Gasteiger partial charge in [-0.1, -0.05) is 37.3 Å². The van der Waals surface area contributed by atoms with Gasteiger partial charge in [-0.15, -0.1) is 0 Å². The van der Waals surface area contributed by atoms with Crippen molar-refractivity contribution in [1.82, 2.24) is 14.9 Å². The number of likely N-dealkylation sites (tertiary alicyclic amines) is 1. The van der Waals surface area contributed by atoms with Crippen molar-refractivity contribution < 1.29 is 4.79 Å². The van der Waals surface area contributed by atoms with E-state index in [1.54, 1.807) is 6.20 Å². The number of amides is 1. The Bertz CT molecular complexity index is 696. The van der Waals surface area contributed by atoms with Crippen molar-refractivity contribution in [3.05, 3.63) is 54.0 Å². The first-order valence-electron chi connectivity index (χ1n) is 9.07. The Morgan fingerprint density at radius 3 is 2.60 bits per heavy atom. The van der Waals surface area contributed by atoms with E-state index in [0.717, 1.165) is 49.6 Å². The molecule has 1 amide bonds. The molecule has 132 valence electrons. The lowest BCUT2D eigenvalue weighted by Gasteiger charge is -2.34. The van der Waals surface area contributed by atoms with Crippen LogP contribution in [0.5, 0.6) is 0 Å². The zero-order valence-corrected chi connectivity index (χ0v) is 15.0. The van der Waals surface area contributed by atoms with Gasteiger partial charge in [0.15, 0.2) is 0 Å². The van der Waals surface area contributed by atoms with E-state index in [4.69, 9.17) is 0 Å². The second kappa shape index (κ2) is 8.10. The molecule has 1 saturated heterocycles. The summed E-state index contributed by atoms with van der Waals surface area (Å²) < 4.78 is 0. The Morgan fingerprint density at radius 2 is 1.96 bits per heavy atom. The largest absolute Gasteiger partial charge is 0.367 e. The number of hydrogen-bond acceptors (Lipinski definition) is 4. The summed E-state index contributed by atoms with van der Waals surface area (Å²) in [6.07, 6.45) is 4.50. The molecule has 1 aliphatic rings. The summed E-state index contributed by atoms with van der Waals surface area (Å²) in [5.41, 5.74) is 1.12. The third-order valence-electron chi connectivity index (χ3n) is 4.84. The van der Waals surface area contributed by atoms with Crippen molar-refractivity contribution in [1.29, 1.82) is 0 Å². The van der Waals surface area contributed by atoms with E-state index in [1.807, 2.05) is 36.1 Å². The summed E-state index contributed by atoms with van der Waals surface area (Å²) in [5.74, 6) is 1.86. The second-order valence-corrected chi connectivity index (χ2v) is 6.60. The van der Waals surface area contributed by atoms with Gasteiger partial charge in [-0.25, -0.2) is 9.97 Å². The molecule has 0 bridgehead atoms. The molecule has 1 aromatic heterocycles. The number of carbonyl (C=O) groups excluding carboxylic acids is 1. The van der Waals surface area contributed by atoms with Gasteiger partial charge in [-0.05, 0) is 37.8 Å². The lowest BCUT2D eigenvalue weighted by molar-refractivity contribution is -0.133. The van der Waals surface area contributed by atoms with Gasteiger partial charge >= 0.3 is 0 Å². The molecular weight excluding hydrogens is 312 g/mol. The van der Waals surface area contributed by atoms with E-state index in [0.29, 0.717) is 6.04 Å². The van der Waals surface area contributed by atoms with E-state index in [1.165, 1.54) is 0 Å². The van der Waals surface area contributed by atoms with Crippen LogP contribution in [0, 0.1) is 6.92 Å². The number of piperidine rings is 1. The summed E-state index contributed by atoms with van der Waals surface area (Å²) in [6, 6.07) is 12.4. The summed E-state index contributed by atoms with van der Waals surface area (Å²) in [4.78, 5) is 23.5. The number of nitrogens with one attached hydrogen (secondary N) is 1. The van der Waals surface area contributed by atoms with E-state index in [9.17, 15) is 4.79 Å². The van der Waals surface area contributed by atoms with Gasteiger partial charge < -0.3 is 10.2 Å². The Hall–Kier alpha value is -2.43. The highest BCUT2D eigenvalue weighted by atomic mass is 16.2. The number of rotatable bonds is 5. The van der Waals surface area contributed by atoms with E-state index < -0.39 is 0 Å². The standard InChI is InChI=1S/C20H26N4O/c1-3-18(16-7-5-4-6-8-16)20(25)24-13-10-17(11-14-24)23-19-9-12-21-15(2)22-19/h4-9,12,17-18H,3,10-11,13-14H2,1-2H3,(H,21,22,23)/t18-/m1/s1. The zero-order chi connectivity index (χ0) is 17.6. The lowest BCUT2D eigenvalue weighted by Crippen LogP contribution is -2.44. The highest BCUT2D eigenvalue weighted by Crippen LogP contribution is 2.24. The van der Waals surface area contributed by atoms with Crippen molar-refractivity contribution >= 4 is 11.7 Å². The van der Waals surface area contributed by atoms with Crippen LogP contribution in [0.2, 0.25) is 0 Å². The average molecular weight is 338 g/mol. The third kappa shape index (κ3) is 4.35. The number of aromatic nitrogens is 2. The number of hydrogen-bond donors (Lipinski definition) is 1. The summed E-state index contributed by atoms with van der Waals surface area (Å²) >= 11 is 0. The Balaban J connectivity index is 1.57. The molecule has 5 nitrogen and oxygen atoms in total. The molecule has 0 radical (unpaired) electrons. The van der Waals surface area contributed by atoms with Gasteiger partial charge in [-0.2, -0.15) is 0 Å². The van der Waals surface area contributed by atoms with Crippen LogP contribution in [0.4, 0.5) is 5.82 Å². The summed E-state index contributed by atoms with van der Waals surface area (Å²) in [5, 5.41) is 3.47. The minimum Gasteiger partial charge on any atom is -0.367 e. The third-order valence-corrected chi connectivity index (χ3v) is 4.84. The van der Waals surface area contributed by atoms with Crippen molar-refractivity contribution in [2.24, 2.45) is 0 Å². The molecule has 0 unspecified atom stereocenters. The number of carbonyl (C=O) groups is 1. The molecule has 1 aliphatic heterocycles. The Labute approximate surface area is 149 Å². The van der Waals surface area contributed by atoms with Crippen molar-refractivity contribution in [2.45, 2.75) is 45.1 Å². The average Bonchev–Trinajstić information content (AvgIpc) is 2.64. The van der Waals surface area contributed by atoms with Crippen molar-refractivity contribution in [3.63, 3.8) is 0 Å². The molecule has 1 atom stereocenters. The molecule has 1 N–H and O–H groups in total. The molecule has 3 rings (SSSR count). The van der Waals surface area contributed by atoms with Gasteiger partial charge in [0.25, 0.3) is 0 Å². The van der Waals surface area contributed by atoms with Crippen LogP contribution in [-0.4, -0.2) is 39.9 Å². The Morgan fingerprint density at radius 1 is 1.24 bits per heavy atom. The van der Waals surface area contributed by atoms with Gasteiger partial charge in [0, 0.05) is 25.3 Å². The summed E-state index contributed by atoms with van der Waals surface area (Å²) in [6.45, 7) is 5.57. The lowest BCUT2D eigenvalue weighted by atomic mass is 9.93. The molecular formula is C20H26N4O. The van der Waals surface area contributed by atoms with Crippen LogP contribution in [0.15, 0.2) is 42.6 Å². The molecule has 5 heteroatoms. The highest BCUT2D eigenvalue weighted by molar-refractivity contribution is 5.83. The first-order valence-corrected chi connectivity index (χ1v) is 9.07. The molecule has 0 aliphatic carbocycles. The molecule has 0 spiro atoms. The maximum atomic E-state index is 12.9. The quantitative estimate of drug-likeness (QED) is 0.908. The van der Waals surface area contributed by atoms with E-state index in [-0.39, 0.29) is 11.8 Å². The van der Waals surface area contributed by atoms with Crippen LogP contribution < -0.4 is 5.32 Å². The normalized spacial score (nSPS) is 16.5. The second-order valence-electron chi connectivity index (χ2n) is 6.60. The fourth-order valence-corrected chi connectivity index (χ4v) is 3.45. The monoisotopic (exact) mass is 338 g/mol. The van der Waals surface area contributed by atoms with Crippen LogP contribution in [0.25, 0.3) is 0 Å². The van der Waals surface area contributed by atoms with Crippen LogP contribution in [0.3, 0.4) is 0 Å². The number of anilines is 1. The Kier molecular flexibility index (Phi) is 5.64. The molecule has 2 heterocycles. The fraction of sp³-hybridized carbons (Fsp3) is 0.450. The topological polar surface area (TPSA) is 58.1 Å². The predicted octanol–water partition coefficient (Wildman–Crippen LogP) is 3.38. The van der Waals surface area contributed by atoms with Gasteiger partial charge in [0.1, 0.15) is 11.6 Å². The van der Waals surface area contributed by atoms with Crippen LogP contribution in [-0.2, 0) is 4.79 Å². The minimum atomic E-state index is -0.0322. The van der Waals surface area contributed by atoms with Crippen LogP contribution in [0.1, 0.15) is 43.5 Å². The molecule has 2 aromatic rings. The molecule has 1 fully saturated rings. The first kappa shape index (κ1) is 17.4. The van der Waals surface area contributed by atoms with Crippen molar-refractivity contribution in [2.75, 3.05) is 18.4 Å². The van der Waals surface area contributed by atoms with Gasteiger partial charge in [0.2, 0.25) is 5.91 Å². The summed E-state index contributed by atoms with van der Waals surface area (Å²) in [7, 11) is 0. The SMILES string of the molecule is CC[C@@H](C(=O)N1CCC(Nc2ccnc(C)n2)CC1)c1ccccc1. The van der Waals surface area contributed by atoms with Crippen LogP contribution >= 0.6 is 0 Å². The smallest absolute Gasteiger partial charge is 0.230 e. The van der Waals surface area contributed by atoms with Gasteiger partial charge in [-0.3, -0.25) is 4.79 Å². The number of benzene rings is 1. The van der Waals surface area contributed by atoms with Crippen molar-refractivity contribution in [3.8, 4) is 0 Å². The maximum absolute atomic E-state index is 12.9.